The number of hydrogen-bond donors (Lipinski definition) is 1. The monoisotopic (exact) mass is 433 g/mol. The third-order valence-corrected chi connectivity index (χ3v) is 5.60. The molecule has 2 aromatic rings. The van der Waals surface area contributed by atoms with Crippen LogP contribution in [-0.4, -0.2) is 33.7 Å². The van der Waals surface area contributed by atoms with Crippen molar-refractivity contribution >= 4 is 63.3 Å². The molecule has 2 aromatic carbocycles. The van der Waals surface area contributed by atoms with E-state index in [2.05, 4.69) is 16.9 Å². The molecule has 1 N–H and O–H groups in total. The van der Waals surface area contributed by atoms with Gasteiger partial charge in [0.15, 0.2) is 5.17 Å². The molecule has 3 rings (SSSR count). The van der Waals surface area contributed by atoms with Crippen molar-refractivity contribution in [3.8, 4) is 0 Å². The lowest BCUT2D eigenvalue weighted by molar-refractivity contribution is -0.127. The smallest absolute Gasteiger partial charge is 0.242 e. The summed E-state index contributed by atoms with van der Waals surface area (Å²) in [5.74, 6) is -0.418. The lowest BCUT2D eigenvalue weighted by Crippen LogP contribution is -2.33. The number of anilines is 1. The van der Waals surface area contributed by atoms with Gasteiger partial charge in [-0.1, -0.05) is 59.2 Å². The summed E-state index contributed by atoms with van der Waals surface area (Å²) in [5, 5.41) is 3.60. The van der Waals surface area contributed by atoms with E-state index < -0.39 is 5.25 Å². The number of nitrogens with zero attached hydrogens (tertiary/aromatic N) is 2. The van der Waals surface area contributed by atoms with Crippen LogP contribution in [0, 0.1) is 0 Å². The first-order valence-corrected chi connectivity index (χ1v) is 10.1. The summed E-state index contributed by atoms with van der Waals surface area (Å²) >= 11 is 13.4. The molecule has 2 amide bonds. The van der Waals surface area contributed by atoms with Gasteiger partial charge in [-0.3, -0.25) is 14.5 Å². The number of carbonyl (C=O) groups excluding carboxylic acids is 2. The highest BCUT2D eigenvalue weighted by Gasteiger charge is 2.38. The van der Waals surface area contributed by atoms with E-state index in [0.29, 0.717) is 33.1 Å². The average Bonchev–Trinajstić information content (AvgIpc) is 2.94. The molecule has 144 valence electrons. The minimum Gasteiger partial charge on any atom is -0.326 e. The summed E-state index contributed by atoms with van der Waals surface area (Å²) in [6.45, 7) is 3.99. The molecule has 8 heteroatoms. The molecule has 0 bridgehead atoms. The van der Waals surface area contributed by atoms with Gasteiger partial charge in [-0.05, 0) is 30.3 Å². The quantitative estimate of drug-likeness (QED) is 0.641. The van der Waals surface area contributed by atoms with Gasteiger partial charge in [0, 0.05) is 23.7 Å². The highest BCUT2D eigenvalue weighted by Crippen LogP contribution is 2.34. The number of amides is 2. The highest BCUT2D eigenvalue weighted by atomic mass is 35.5. The number of benzene rings is 2. The van der Waals surface area contributed by atoms with E-state index in [1.807, 2.05) is 18.2 Å². The fourth-order valence-electron chi connectivity index (χ4n) is 2.60. The van der Waals surface area contributed by atoms with E-state index >= 15 is 0 Å². The number of amidine groups is 1. The van der Waals surface area contributed by atoms with Crippen molar-refractivity contribution in [3.63, 3.8) is 0 Å². The van der Waals surface area contributed by atoms with Crippen LogP contribution < -0.4 is 5.32 Å². The van der Waals surface area contributed by atoms with Crippen molar-refractivity contribution in [1.29, 1.82) is 0 Å². The molecular weight excluding hydrogens is 417 g/mol. The second kappa shape index (κ2) is 9.28. The predicted octanol–water partition coefficient (Wildman–Crippen LogP) is 5.14. The van der Waals surface area contributed by atoms with Crippen molar-refractivity contribution in [1.82, 2.24) is 4.90 Å². The molecule has 1 heterocycles. The van der Waals surface area contributed by atoms with Crippen LogP contribution in [0.5, 0.6) is 0 Å². The van der Waals surface area contributed by atoms with E-state index in [9.17, 15) is 9.59 Å². The molecule has 1 fully saturated rings. The Bertz CT molecular complexity index is 934. The molecule has 0 spiro atoms. The Morgan fingerprint density at radius 1 is 1.25 bits per heavy atom. The molecule has 0 radical (unpaired) electrons. The summed E-state index contributed by atoms with van der Waals surface area (Å²) in [5.41, 5.74) is 1.19. The first kappa shape index (κ1) is 20.5. The molecule has 1 saturated heterocycles. The van der Waals surface area contributed by atoms with Crippen LogP contribution in [0.4, 0.5) is 11.4 Å². The van der Waals surface area contributed by atoms with Crippen molar-refractivity contribution in [2.75, 3.05) is 11.9 Å². The minimum atomic E-state index is -0.562. The van der Waals surface area contributed by atoms with E-state index in [0.717, 1.165) is 0 Å². The van der Waals surface area contributed by atoms with Gasteiger partial charge >= 0.3 is 0 Å². The van der Waals surface area contributed by atoms with Gasteiger partial charge in [0.05, 0.1) is 10.7 Å². The van der Waals surface area contributed by atoms with Crippen LogP contribution in [0.1, 0.15) is 6.42 Å². The Morgan fingerprint density at radius 3 is 2.68 bits per heavy atom. The largest absolute Gasteiger partial charge is 0.326 e. The summed E-state index contributed by atoms with van der Waals surface area (Å²) in [7, 11) is 0. The maximum atomic E-state index is 12.8. The normalized spacial score (nSPS) is 17.8. The fourth-order valence-corrected chi connectivity index (χ4v) is 4.21. The standard InChI is InChI=1S/C20H17Cl2N3O2S/c1-2-10-25-19(27)17(12-18(26)23-14-6-4-3-5-7-14)28-20(25)24-16-9-8-13(21)11-15(16)22/h2-9,11,17H,1,10,12H2,(H,23,26)/t17-/m0/s1. The number of rotatable bonds is 6. The number of hydrogen-bond acceptors (Lipinski definition) is 4. The molecule has 1 atom stereocenters. The molecule has 1 aliphatic heterocycles. The number of halogens is 2. The summed E-state index contributed by atoms with van der Waals surface area (Å²) in [6, 6.07) is 14.1. The SMILES string of the molecule is C=CCN1C(=O)[C@H](CC(=O)Nc2ccccc2)SC1=Nc1ccc(Cl)cc1Cl. The van der Waals surface area contributed by atoms with E-state index in [1.54, 1.807) is 36.4 Å². The number of carbonyl (C=O) groups is 2. The van der Waals surface area contributed by atoms with Crippen LogP contribution >= 0.6 is 35.0 Å². The summed E-state index contributed by atoms with van der Waals surface area (Å²) in [4.78, 5) is 31.1. The summed E-state index contributed by atoms with van der Waals surface area (Å²) < 4.78 is 0. The minimum absolute atomic E-state index is 0.0411. The average molecular weight is 434 g/mol. The van der Waals surface area contributed by atoms with Crippen molar-refractivity contribution < 1.29 is 9.59 Å². The van der Waals surface area contributed by atoms with Gasteiger partial charge in [-0.25, -0.2) is 4.99 Å². The van der Waals surface area contributed by atoms with Crippen molar-refractivity contribution in [3.05, 3.63) is 71.2 Å². The Morgan fingerprint density at radius 2 is 2.00 bits per heavy atom. The van der Waals surface area contributed by atoms with Gasteiger partial charge in [-0.2, -0.15) is 0 Å². The molecule has 5 nitrogen and oxygen atoms in total. The first-order chi connectivity index (χ1) is 13.5. The maximum Gasteiger partial charge on any atom is 0.242 e. The van der Waals surface area contributed by atoms with Crippen LogP contribution in [0.25, 0.3) is 0 Å². The second-order valence-corrected chi connectivity index (χ2v) is 7.97. The van der Waals surface area contributed by atoms with Crippen LogP contribution in [0.2, 0.25) is 10.0 Å². The van der Waals surface area contributed by atoms with Gasteiger partial charge in [-0.15, -0.1) is 6.58 Å². The van der Waals surface area contributed by atoms with Crippen molar-refractivity contribution in [2.24, 2.45) is 4.99 Å². The van der Waals surface area contributed by atoms with Gasteiger partial charge in [0.1, 0.15) is 5.25 Å². The third kappa shape index (κ3) is 4.95. The third-order valence-electron chi connectivity index (χ3n) is 3.89. The Labute approximate surface area is 177 Å². The lowest BCUT2D eigenvalue weighted by Gasteiger charge is -2.14. The Hall–Kier alpha value is -2.28. The molecule has 0 saturated carbocycles. The zero-order valence-electron chi connectivity index (χ0n) is 14.8. The summed E-state index contributed by atoms with van der Waals surface area (Å²) in [6.07, 6.45) is 1.66. The number of thioether (sulfide) groups is 1. The zero-order valence-corrected chi connectivity index (χ0v) is 17.1. The maximum absolute atomic E-state index is 12.8. The predicted molar refractivity (Wildman–Crippen MR) is 117 cm³/mol. The Balaban J connectivity index is 1.77. The fraction of sp³-hybridized carbons (Fsp3) is 0.150. The molecule has 1 aliphatic rings. The molecular formula is C20H17Cl2N3O2S. The number of nitrogens with one attached hydrogen (secondary N) is 1. The van der Waals surface area contributed by atoms with Gasteiger partial charge in [0.2, 0.25) is 11.8 Å². The number of aliphatic imine (C=N–C) groups is 1. The molecule has 0 aromatic heterocycles. The topological polar surface area (TPSA) is 61.8 Å². The molecule has 0 unspecified atom stereocenters. The van der Waals surface area contributed by atoms with Crippen LogP contribution in [-0.2, 0) is 9.59 Å². The van der Waals surface area contributed by atoms with Gasteiger partial charge < -0.3 is 5.32 Å². The van der Waals surface area contributed by atoms with Crippen LogP contribution in [0.3, 0.4) is 0 Å². The molecule has 28 heavy (non-hydrogen) atoms. The highest BCUT2D eigenvalue weighted by molar-refractivity contribution is 8.15. The van der Waals surface area contributed by atoms with E-state index in [-0.39, 0.29) is 18.2 Å². The second-order valence-electron chi connectivity index (χ2n) is 5.95. The van der Waals surface area contributed by atoms with Gasteiger partial charge in [0.25, 0.3) is 0 Å². The Kier molecular flexibility index (Phi) is 6.78. The zero-order chi connectivity index (χ0) is 20.1. The molecule has 0 aliphatic carbocycles. The number of para-hydroxylation sites is 1. The van der Waals surface area contributed by atoms with E-state index in [1.165, 1.54) is 16.7 Å². The van der Waals surface area contributed by atoms with E-state index in [4.69, 9.17) is 23.2 Å². The first-order valence-electron chi connectivity index (χ1n) is 8.45. The lowest BCUT2D eigenvalue weighted by atomic mass is 10.2. The van der Waals surface area contributed by atoms with Crippen molar-refractivity contribution in [2.45, 2.75) is 11.7 Å². The van der Waals surface area contributed by atoms with Crippen LogP contribution in [0.15, 0.2) is 66.2 Å².